The van der Waals surface area contributed by atoms with Crippen molar-refractivity contribution in [3.63, 3.8) is 0 Å². The molecule has 0 saturated carbocycles. The molecule has 0 amide bonds. The van der Waals surface area contributed by atoms with E-state index >= 15 is 0 Å². The van der Waals surface area contributed by atoms with Crippen LogP contribution in [-0.4, -0.2) is 20.1 Å². The SMILES string of the molecule is CCCCCn1c(=O)oc2ccc(C(=O)c3cnn(C)c3OCc3ccccc3)c(C)c21. The van der Waals surface area contributed by atoms with Crippen LogP contribution in [0.3, 0.4) is 0 Å². The molecule has 0 atom stereocenters. The molecule has 32 heavy (non-hydrogen) atoms. The number of fused-ring (bicyclic) bond motifs is 1. The van der Waals surface area contributed by atoms with Crippen LogP contribution in [0.1, 0.15) is 53.2 Å². The standard InChI is InChI=1S/C25H27N3O4/c1-4-5-9-14-28-22-17(2)19(12-13-21(22)32-25(28)30)23(29)20-15-26-27(3)24(20)31-16-18-10-7-6-8-11-18/h6-8,10-13,15H,4-5,9,14,16H2,1-3H3. The highest BCUT2D eigenvalue weighted by Gasteiger charge is 2.23. The monoisotopic (exact) mass is 433 g/mol. The maximum Gasteiger partial charge on any atom is 0.419 e. The molecule has 7 nitrogen and oxygen atoms in total. The first kappa shape index (κ1) is 21.6. The van der Waals surface area contributed by atoms with E-state index in [1.807, 2.05) is 37.3 Å². The van der Waals surface area contributed by atoms with Gasteiger partial charge in [-0.25, -0.2) is 9.48 Å². The zero-order valence-corrected chi connectivity index (χ0v) is 18.6. The molecule has 0 unspecified atom stereocenters. The Morgan fingerprint density at radius 1 is 1.09 bits per heavy atom. The summed E-state index contributed by atoms with van der Waals surface area (Å²) in [4.78, 5) is 25.9. The van der Waals surface area contributed by atoms with Gasteiger partial charge in [-0.05, 0) is 36.6 Å². The first-order valence-corrected chi connectivity index (χ1v) is 10.9. The van der Waals surface area contributed by atoms with Crippen molar-refractivity contribution < 1.29 is 13.9 Å². The maximum absolute atomic E-state index is 13.5. The summed E-state index contributed by atoms with van der Waals surface area (Å²) in [6, 6.07) is 13.1. The molecule has 0 N–H and O–H groups in total. The van der Waals surface area contributed by atoms with Gasteiger partial charge in [-0.3, -0.25) is 9.36 Å². The molecule has 166 valence electrons. The smallest absolute Gasteiger partial charge is 0.419 e. The second-order valence-electron chi connectivity index (χ2n) is 7.90. The largest absolute Gasteiger partial charge is 0.472 e. The Morgan fingerprint density at radius 2 is 1.88 bits per heavy atom. The van der Waals surface area contributed by atoms with Crippen molar-refractivity contribution in [1.29, 1.82) is 0 Å². The Labute approximate surface area is 186 Å². The van der Waals surface area contributed by atoms with Gasteiger partial charge in [0.15, 0.2) is 11.4 Å². The predicted octanol–water partition coefficient (Wildman–Crippen LogP) is 4.64. The molecular weight excluding hydrogens is 406 g/mol. The number of aromatic nitrogens is 3. The maximum atomic E-state index is 13.5. The molecule has 0 bridgehead atoms. The van der Waals surface area contributed by atoms with E-state index in [4.69, 9.17) is 9.15 Å². The number of hydrogen-bond donors (Lipinski definition) is 0. The van der Waals surface area contributed by atoms with Crippen LogP contribution in [0.2, 0.25) is 0 Å². The quantitative estimate of drug-likeness (QED) is 0.284. The molecule has 0 radical (unpaired) electrons. The van der Waals surface area contributed by atoms with Crippen molar-refractivity contribution in [2.45, 2.75) is 46.3 Å². The van der Waals surface area contributed by atoms with Crippen molar-refractivity contribution in [3.05, 3.63) is 81.5 Å². The van der Waals surface area contributed by atoms with Crippen LogP contribution in [-0.2, 0) is 20.2 Å². The fourth-order valence-corrected chi connectivity index (χ4v) is 3.93. The Balaban J connectivity index is 1.68. The van der Waals surface area contributed by atoms with Gasteiger partial charge in [-0.2, -0.15) is 5.10 Å². The number of carbonyl (C=O) groups is 1. The van der Waals surface area contributed by atoms with E-state index in [0.717, 1.165) is 24.8 Å². The molecule has 4 aromatic rings. The van der Waals surface area contributed by atoms with Crippen molar-refractivity contribution in [1.82, 2.24) is 14.3 Å². The van der Waals surface area contributed by atoms with Crippen molar-refractivity contribution >= 4 is 16.9 Å². The zero-order chi connectivity index (χ0) is 22.7. The lowest BCUT2D eigenvalue weighted by molar-refractivity contribution is 0.103. The third-order valence-corrected chi connectivity index (χ3v) is 5.66. The number of hydrogen-bond acceptors (Lipinski definition) is 5. The van der Waals surface area contributed by atoms with E-state index in [0.29, 0.717) is 46.8 Å². The molecular formula is C25H27N3O4. The van der Waals surface area contributed by atoms with Gasteiger partial charge >= 0.3 is 5.76 Å². The topological polar surface area (TPSA) is 79.3 Å². The van der Waals surface area contributed by atoms with E-state index < -0.39 is 5.76 Å². The summed E-state index contributed by atoms with van der Waals surface area (Å²) in [7, 11) is 1.74. The van der Waals surface area contributed by atoms with Crippen LogP contribution in [0, 0.1) is 6.92 Å². The average molecular weight is 434 g/mol. The van der Waals surface area contributed by atoms with Crippen LogP contribution in [0.15, 0.2) is 57.9 Å². The van der Waals surface area contributed by atoms with Gasteiger partial charge in [0.2, 0.25) is 5.88 Å². The van der Waals surface area contributed by atoms with Crippen LogP contribution < -0.4 is 10.5 Å². The average Bonchev–Trinajstić information content (AvgIpc) is 3.32. The highest BCUT2D eigenvalue weighted by Crippen LogP contribution is 2.27. The Morgan fingerprint density at radius 3 is 2.62 bits per heavy atom. The molecule has 0 aliphatic rings. The first-order chi connectivity index (χ1) is 15.5. The third-order valence-electron chi connectivity index (χ3n) is 5.66. The highest BCUT2D eigenvalue weighted by molar-refractivity contribution is 6.12. The van der Waals surface area contributed by atoms with Gasteiger partial charge in [0.1, 0.15) is 12.2 Å². The molecule has 2 aromatic heterocycles. The van der Waals surface area contributed by atoms with Crippen molar-refractivity contribution in [3.8, 4) is 5.88 Å². The lowest BCUT2D eigenvalue weighted by Crippen LogP contribution is -2.15. The number of unbranched alkanes of at least 4 members (excludes halogenated alkanes) is 2. The van der Waals surface area contributed by atoms with E-state index in [2.05, 4.69) is 12.0 Å². The molecule has 7 heteroatoms. The highest BCUT2D eigenvalue weighted by atomic mass is 16.5. The number of carbonyl (C=O) groups excluding carboxylic acids is 1. The van der Waals surface area contributed by atoms with E-state index in [-0.39, 0.29) is 5.78 Å². The fourth-order valence-electron chi connectivity index (χ4n) is 3.93. The molecule has 4 rings (SSSR count). The summed E-state index contributed by atoms with van der Waals surface area (Å²) >= 11 is 0. The second kappa shape index (κ2) is 9.26. The third kappa shape index (κ3) is 4.10. The van der Waals surface area contributed by atoms with Gasteiger partial charge in [0.05, 0.1) is 11.7 Å². The summed E-state index contributed by atoms with van der Waals surface area (Å²) in [6.45, 7) is 4.86. The molecule has 0 aliphatic carbocycles. The number of oxazole rings is 1. The number of ketones is 1. The lowest BCUT2D eigenvalue weighted by atomic mass is 9.99. The summed E-state index contributed by atoms with van der Waals surface area (Å²) in [5.74, 6) is -0.183. The molecule has 0 aliphatic heterocycles. The second-order valence-corrected chi connectivity index (χ2v) is 7.90. The van der Waals surface area contributed by atoms with Gasteiger partial charge < -0.3 is 9.15 Å². The van der Waals surface area contributed by atoms with Crippen molar-refractivity contribution in [2.75, 3.05) is 0 Å². The van der Waals surface area contributed by atoms with Crippen LogP contribution in [0.25, 0.3) is 11.1 Å². The van der Waals surface area contributed by atoms with E-state index in [1.165, 1.54) is 6.20 Å². The van der Waals surface area contributed by atoms with Crippen molar-refractivity contribution in [2.24, 2.45) is 7.05 Å². The molecule has 0 spiro atoms. The fraction of sp³-hybridized carbons (Fsp3) is 0.320. The normalized spacial score (nSPS) is 11.2. The summed E-state index contributed by atoms with van der Waals surface area (Å²) < 4.78 is 14.6. The molecule has 0 fully saturated rings. The predicted molar refractivity (Wildman–Crippen MR) is 122 cm³/mol. The molecule has 2 heterocycles. The van der Waals surface area contributed by atoms with Gasteiger partial charge in [0, 0.05) is 19.2 Å². The van der Waals surface area contributed by atoms with E-state index in [9.17, 15) is 9.59 Å². The Bertz CT molecular complexity index is 1300. The van der Waals surface area contributed by atoms with E-state index in [1.54, 1.807) is 28.4 Å². The number of rotatable bonds is 9. The van der Waals surface area contributed by atoms with Gasteiger partial charge in [-0.15, -0.1) is 0 Å². The van der Waals surface area contributed by atoms with Crippen LogP contribution in [0.5, 0.6) is 5.88 Å². The summed E-state index contributed by atoms with van der Waals surface area (Å²) in [5, 5.41) is 4.24. The molecule has 2 aromatic carbocycles. The number of nitrogens with zero attached hydrogens (tertiary/aromatic N) is 3. The minimum Gasteiger partial charge on any atom is -0.472 e. The summed E-state index contributed by atoms with van der Waals surface area (Å²) in [5.41, 5.74) is 3.76. The number of benzene rings is 2. The Kier molecular flexibility index (Phi) is 6.25. The first-order valence-electron chi connectivity index (χ1n) is 10.9. The van der Waals surface area contributed by atoms with Crippen LogP contribution >= 0.6 is 0 Å². The number of ether oxygens (including phenoxy) is 1. The minimum atomic E-state index is -0.392. The number of aryl methyl sites for hydroxylation is 3. The molecule has 0 saturated heterocycles. The zero-order valence-electron chi connectivity index (χ0n) is 18.6. The lowest BCUT2D eigenvalue weighted by Gasteiger charge is -2.11. The summed E-state index contributed by atoms with van der Waals surface area (Å²) in [6.07, 6.45) is 4.48. The van der Waals surface area contributed by atoms with Crippen LogP contribution in [0.4, 0.5) is 0 Å². The Hall–Kier alpha value is -3.61. The minimum absolute atomic E-state index is 0.200. The van der Waals surface area contributed by atoms with Gasteiger partial charge in [0.25, 0.3) is 0 Å². The van der Waals surface area contributed by atoms with Gasteiger partial charge in [-0.1, -0.05) is 50.1 Å².